The minimum atomic E-state index is -4.74. The van der Waals surface area contributed by atoms with Crippen LogP contribution in [0, 0.1) is 24.2 Å². The summed E-state index contributed by atoms with van der Waals surface area (Å²) < 4.78 is 52.4. The molecule has 8 heteroatoms. The zero-order chi connectivity index (χ0) is 16.2. The van der Waals surface area contributed by atoms with Gasteiger partial charge in [-0.3, -0.25) is 0 Å². The standard InChI is InChI=1S/C14H11ClF4N2O/c1-20-11-9(15)3-7(4-10(11)16)21-5-6-2-8(6)12(21)13(22)14(17,18)19/h3-4,6,8,12-13,22H,2,5H2/t6?,8?,12-,13?/m1/s1. The number of aliphatic hydroxyl groups is 1. The quantitative estimate of drug-likeness (QED) is 0.658. The number of fused-ring (bicyclic) bond motifs is 1. The molecule has 3 nitrogen and oxygen atoms in total. The fourth-order valence-electron chi connectivity index (χ4n) is 3.21. The van der Waals surface area contributed by atoms with E-state index >= 15 is 0 Å². The van der Waals surface area contributed by atoms with Crippen LogP contribution in [0.2, 0.25) is 5.02 Å². The molecule has 0 bridgehead atoms. The minimum absolute atomic E-state index is 0.0735. The molecule has 2 fully saturated rings. The van der Waals surface area contributed by atoms with Crippen LogP contribution in [0.5, 0.6) is 0 Å². The average Bonchev–Trinajstić information content (AvgIpc) is 3.07. The van der Waals surface area contributed by atoms with Crippen LogP contribution in [0.1, 0.15) is 6.42 Å². The first-order valence-corrected chi connectivity index (χ1v) is 6.99. The Labute approximate surface area is 128 Å². The molecule has 1 heterocycles. The van der Waals surface area contributed by atoms with E-state index in [0.29, 0.717) is 13.0 Å². The van der Waals surface area contributed by atoms with E-state index in [-0.39, 0.29) is 28.2 Å². The van der Waals surface area contributed by atoms with Crippen molar-refractivity contribution in [2.75, 3.05) is 11.4 Å². The molecular formula is C14H11ClF4N2O. The van der Waals surface area contributed by atoms with Crippen LogP contribution < -0.4 is 4.90 Å². The first kappa shape index (κ1) is 15.4. The van der Waals surface area contributed by atoms with Gasteiger partial charge in [0.15, 0.2) is 6.10 Å². The third-order valence-electron chi connectivity index (χ3n) is 4.31. The Morgan fingerprint density at radius 1 is 1.41 bits per heavy atom. The van der Waals surface area contributed by atoms with Crippen molar-refractivity contribution in [1.82, 2.24) is 0 Å². The van der Waals surface area contributed by atoms with Gasteiger partial charge in [-0.2, -0.15) is 13.2 Å². The van der Waals surface area contributed by atoms with Crippen LogP contribution in [0.25, 0.3) is 4.85 Å². The highest BCUT2D eigenvalue weighted by atomic mass is 35.5. The predicted octanol–water partition coefficient (Wildman–Crippen LogP) is 3.78. The molecule has 0 radical (unpaired) electrons. The largest absolute Gasteiger partial charge is 0.416 e. The van der Waals surface area contributed by atoms with Gasteiger partial charge in [-0.1, -0.05) is 11.6 Å². The van der Waals surface area contributed by atoms with E-state index in [0.717, 1.165) is 6.07 Å². The molecule has 2 aliphatic rings. The lowest BCUT2D eigenvalue weighted by atomic mass is 10.0. The smallest absolute Gasteiger partial charge is 0.382 e. The summed E-state index contributed by atoms with van der Waals surface area (Å²) in [6, 6.07) is 1.14. The molecule has 1 aromatic carbocycles. The van der Waals surface area contributed by atoms with Crippen molar-refractivity contribution in [1.29, 1.82) is 0 Å². The van der Waals surface area contributed by atoms with E-state index in [2.05, 4.69) is 4.85 Å². The van der Waals surface area contributed by atoms with Gasteiger partial charge in [-0.05, 0) is 30.4 Å². The number of aliphatic hydroxyl groups excluding tert-OH is 1. The number of benzene rings is 1. The van der Waals surface area contributed by atoms with E-state index < -0.39 is 24.1 Å². The lowest BCUT2D eigenvalue weighted by molar-refractivity contribution is -0.210. The van der Waals surface area contributed by atoms with Crippen LogP contribution in [-0.2, 0) is 0 Å². The monoisotopic (exact) mass is 334 g/mol. The number of hydrogen-bond acceptors (Lipinski definition) is 2. The third-order valence-corrected chi connectivity index (χ3v) is 4.60. The van der Waals surface area contributed by atoms with Gasteiger partial charge in [-0.25, -0.2) is 9.24 Å². The van der Waals surface area contributed by atoms with E-state index in [1.807, 2.05) is 0 Å². The van der Waals surface area contributed by atoms with Crippen molar-refractivity contribution in [3.63, 3.8) is 0 Å². The Morgan fingerprint density at radius 3 is 2.64 bits per heavy atom. The molecule has 1 aromatic rings. The Bertz CT molecular complexity index is 634. The van der Waals surface area contributed by atoms with E-state index in [4.69, 9.17) is 18.2 Å². The summed E-state index contributed by atoms with van der Waals surface area (Å²) in [6.07, 6.45) is -6.60. The molecule has 22 heavy (non-hydrogen) atoms. The van der Waals surface area contributed by atoms with Crippen molar-refractivity contribution in [3.8, 4) is 0 Å². The molecule has 1 aliphatic carbocycles. The van der Waals surface area contributed by atoms with Gasteiger partial charge < -0.3 is 10.0 Å². The molecule has 1 saturated heterocycles. The SMILES string of the molecule is [C-]#[N+]c1c(F)cc(N2CC3CC3[C@@H]2C(O)C(F)(F)F)cc1Cl. The number of alkyl halides is 3. The maximum absolute atomic E-state index is 13.8. The van der Waals surface area contributed by atoms with E-state index in [9.17, 15) is 22.7 Å². The third kappa shape index (κ3) is 2.40. The molecule has 3 rings (SSSR count). The number of rotatable bonds is 2. The molecule has 0 amide bonds. The molecule has 1 aliphatic heterocycles. The van der Waals surface area contributed by atoms with Crippen LogP contribution in [0.15, 0.2) is 12.1 Å². The Hall–Kier alpha value is -1.52. The Balaban J connectivity index is 1.96. The van der Waals surface area contributed by atoms with Crippen LogP contribution in [0.4, 0.5) is 28.9 Å². The maximum Gasteiger partial charge on any atom is 0.416 e. The summed E-state index contributed by atoms with van der Waals surface area (Å²) in [5, 5.41) is 9.46. The maximum atomic E-state index is 13.8. The van der Waals surface area contributed by atoms with E-state index in [1.54, 1.807) is 0 Å². The zero-order valence-electron chi connectivity index (χ0n) is 11.1. The van der Waals surface area contributed by atoms with Crippen molar-refractivity contribution >= 4 is 23.0 Å². The molecule has 118 valence electrons. The van der Waals surface area contributed by atoms with Gasteiger partial charge in [0.25, 0.3) is 0 Å². The molecule has 0 spiro atoms. The minimum Gasteiger partial charge on any atom is -0.382 e. The van der Waals surface area contributed by atoms with Crippen LogP contribution in [0.3, 0.4) is 0 Å². The highest BCUT2D eigenvalue weighted by Crippen LogP contribution is 2.53. The van der Waals surface area contributed by atoms with Crippen molar-refractivity contribution in [3.05, 3.63) is 34.4 Å². The second-order valence-corrected chi connectivity index (χ2v) is 6.07. The predicted molar refractivity (Wildman–Crippen MR) is 72.5 cm³/mol. The van der Waals surface area contributed by atoms with Gasteiger partial charge in [0.05, 0.1) is 17.6 Å². The average molecular weight is 335 g/mol. The molecule has 3 unspecified atom stereocenters. The number of hydrogen-bond donors (Lipinski definition) is 1. The zero-order valence-corrected chi connectivity index (χ0v) is 11.9. The number of anilines is 1. The van der Waals surface area contributed by atoms with Gasteiger partial charge in [0, 0.05) is 12.2 Å². The van der Waals surface area contributed by atoms with Crippen molar-refractivity contribution in [2.24, 2.45) is 11.8 Å². The summed E-state index contributed by atoms with van der Waals surface area (Å²) in [4.78, 5) is 4.30. The summed E-state index contributed by atoms with van der Waals surface area (Å²) in [5.74, 6) is -1.05. The highest BCUT2D eigenvalue weighted by Gasteiger charge is 2.60. The molecule has 4 atom stereocenters. The Kier molecular flexibility index (Phi) is 3.49. The topological polar surface area (TPSA) is 27.8 Å². The first-order valence-electron chi connectivity index (χ1n) is 6.62. The second-order valence-electron chi connectivity index (χ2n) is 5.66. The molecule has 0 aromatic heterocycles. The van der Waals surface area contributed by atoms with Gasteiger partial charge >= 0.3 is 6.18 Å². The molecule has 1 saturated carbocycles. The Morgan fingerprint density at radius 2 is 2.09 bits per heavy atom. The first-order chi connectivity index (χ1) is 10.2. The van der Waals surface area contributed by atoms with Gasteiger partial charge in [0.2, 0.25) is 5.69 Å². The molecule has 1 N–H and O–H groups in total. The highest BCUT2D eigenvalue weighted by molar-refractivity contribution is 6.33. The normalized spacial score (nSPS) is 28.2. The number of halogens is 5. The fourth-order valence-corrected chi connectivity index (χ4v) is 3.45. The van der Waals surface area contributed by atoms with Crippen LogP contribution >= 0.6 is 11.6 Å². The number of piperidine rings is 1. The second kappa shape index (κ2) is 5.00. The van der Waals surface area contributed by atoms with Gasteiger partial charge in [-0.15, -0.1) is 0 Å². The summed E-state index contributed by atoms with van der Waals surface area (Å²) in [5.41, 5.74) is -0.196. The van der Waals surface area contributed by atoms with Gasteiger partial charge in [0.1, 0.15) is 5.82 Å². The van der Waals surface area contributed by atoms with Crippen molar-refractivity contribution < 1.29 is 22.7 Å². The summed E-state index contributed by atoms with van der Waals surface area (Å²) in [7, 11) is 0. The lowest BCUT2D eigenvalue weighted by Gasteiger charge is -2.34. The van der Waals surface area contributed by atoms with E-state index in [1.165, 1.54) is 11.0 Å². The fraction of sp³-hybridized carbons (Fsp3) is 0.500. The number of nitrogens with zero attached hydrogens (tertiary/aromatic N) is 2. The summed E-state index contributed by atoms with van der Waals surface area (Å²) >= 11 is 5.81. The molecular weight excluding hydrogens is 324 g/mol. The summed E-state index contributed by atoms with van der Waals surface area (Å²) in [6.45, 7) is 7.15. The van der Waals surface area contributed by atoms with Crippen molar-refractivity contribution in [2.45, 2.75) is 24.7 Å². The lowest BCUT2D eigenvalue weighted by Crippen LogP contribution is -2.49. The van der Waals surface area contributed by atoms with Crippen LogP contribution in [-0.4, -0.2) is 30.0 Å².